The van der Waals surface area contributed by atoms with Crippen LogP contribution in [0, 0.1) is 6.92 Å². The molecule has 148 valence electrons. The number of nitrogens with two attached hydrogens (primary N) is 1. The maximum absolute atomic E-state index is 12.8. The maximum Gasteiger partial charge on any atom is 0.291 e. The highest BCUT2D eigenvalue weighted by Gasteiger charge is 2.37. The molecular formula is C21H21N5O3. The molecule has 1 atom stereocenters. The third kappa shape index (κ3) is 3.22. The summed E-state index contributed by atoms with van der Waals surface area (Å²) in [5.74, 6) is -0.108. The molecule has 1 unspecified atom stereocenters. The third-order valence-corrected chi connectivity index (χ3v) is 5.19. The Bertz CT molecular complexity index is 1170. The van der Waals surface area contributed by atoms with Crippen molar-refractivity contribution in [2.75, 3.05) is 12.4 Å². The van der Waals surface area contributed by atoms with Crippen LogP contribution in [0.5, 0.6) is 0 Å². The fourth-order valence-corrected chi connectivity index (χ4v) is 3.44. The minimum absolute atomic E-state index is 0.136. The highest BCUT2D eigenvalue weighted by Crippen LogP contribution is 2.33. The van der Waals surface area contributed by atoms with Crippen LogP contribution in [0.15, 0.2) is 52.0 Å². The largest absolute Gasteiger partial charge is 0.451 e. The predicted molar refractivity (Wildman–Crippen MR) is 110 cm³/mol. The van der Waals surface area contributed by atoms with Crippen LogP contribution in [0.25, 0.3) is 11.0 Å². The number of nitrogens with one attached hydrogen (secondary N) is 1. The molecule has 29 heavy (non-hydrogen) atoms. The number of anilines is 1. The Morgan fingerprint density at radius 2 is 2.07 bits per heavy atom. The lowest BCUT2D eigenvalue weighted by atomic mass is 9.91. The first kappa shape index (κ1) is 18.7. The molecule has 3 N–H and O–H groups in total. The molecular weight excluding hydrogens is 370 g/mol. The van der Waals surface area contributed by atoms with Crippen molar-refractivity contribution in [3.8, 4) is 0 Å². The average Bonchev–Trinajstić information content (AvgIpc) is 3.03. The van der Waals surface area contributed by atoms with Crippen LogP contribution in [0.4, 0.5) is 5.69 Å². The van der Waals surface area contributed by atoms with Gasteiger partial charge in [-0.3, -0.25) is 19.5 Å². The van der Waals surface area contributed by atoms with Crippen LogP contribution < -0.4 is 11.1 Å². The van der Waals surface area contributed by atoms with Crippen molar-refractivity contribution in [2.45, 2.75) is 25.8 Å². The number of benzene rings is 1. The minimum Gasteiger partial charge on any atom is -0.451 e. The topological polar surface area (TPSA) is 114 Å². The third-order valence-electron chi connectivity index (χ3n) is 5.19. The summed E-state index contributed by atoms with van der Waals surface area (Å²) < 4.78 is 5.72. The molecule has 4 rings (SSSR count). The monoisotopic (exact) mass is 391 g/mol. The highest BCUT2D eigenvalue weighted by atomic mass is 16.3. The number of carbonyl (C=O) groups excluding carboxylic acids is 2. The summed E-state index contributed by atoms with van der Waals surface area (Å²) in [5.41, 5.74) is 7.48. The van der Waals surface area contributed by atoms with Gasteiger partial charge in [-0.25, -0.2) is 4.99 Å². The number of fused-ring (bicyclic) bond motifs is 1. The van der Waals surface area contributed by atoms with Gasteiger partial charge in [-0.15, -0.1) is 0 Å². The molecule has 1 aliphatic heterocycles. The van der Waals surface area contributed by atoms with E-state index in [1.807, 2.05) is 31.2 Å². The number of carbonyl (C=O) groups is 2. The van der Waals surface area contributed by atoms with Gasteiger partial charge in [-0.1, -0.05) is 18.2 Å². The molecule has 0 spiro atoms. The second kappa shape index (κ2) is 6.73. The van der Waals surface area contributed by atoms with Gasteiger partial charge in [-0.05, 0) is 32.0 Å². The highest BCUT2D eigenvalue weighted by molar-refractivity contribution is 6.06. The molecule has 0 radical (unpaired) electrons. The van der Waals surface area contributed by atoms with Crippen LogP contribution in [-0.2, 0) is 10.3 Å². The summed E-state index contributed by atoms with van der Waals surface area (Å²) in [6, 6.07) is 10.9. The number of nitrogens with zero attached hydrogens (tertiary/aromatic N) is 3. The molecule has 0 fully saturated rings. The van der Waals surface area contributed by atoms with E-state index in [9.17, 15) is 9.59 Å². The quantitative estimate of drug-likeness (QED) is 0.713. The van der Waals surface area contributed by atoms with Crippen LogP contribution in [0.1, 0.15) is 35.2 Å². The Balaban J connectivity index is 1.63. The summed E-state index contributed by atoms with van der Waals surface area (Å²) in [7, 11) is 1.58. The van der Waals surface area contributed by atoms with Gasteiger partial charge < -0.3 is 15.5 Å². The van der Waals surface area contributed by atoms with E-state index in [1.54, 1.807) is 32.3 Å². The van der Waals surface area contributed by atoms with Gasteiger partial charge in [-0.2, -0.15) is 0 Å². The number of aliphatic imine (C=N–C) groups is 1. The van der Waals surface area contributed by atoms with Crippen molar-refractivity contribution in [1.29, 1.82) is 0 Å². The zero-order valence-corrected chi connectivity index (χ0v) is 16.4. The van der Waals surface area contributed by atoms with Crippen molar-refractivity contribution in [1.82, 2.24) is 9.88 Å². The van der Waals surface area contributed by atoms with E-state index in [-0.39, 0.29) is 30.0 Å². The molecule has 1 aliphatic rings. The number of aryl methyl sites for hydroxylation is 1. The molecule has 1 aromatic carbocycles. The Morgan fingerprint density at radius 1 is 1.31 bits per heavy atom. The number of aromatic nitrogens is 1. The normalized spacial score (nSPS) is 19.3. The average molecular weight is 391 g/mol. The SMILES string of the molecule is Cc1c(C(=O)Nc2ccnc(C3(C)CC(=O)N(C)C(N)=N3)c2)oc2ccccc12. The predicted octanol–water partition coefficient (Wildman–Crippen LogP) is 2.78. The Labute approximate surface area is 167 Å². The standard InChI is InChI=1S/C21H21N5O3/c1-12-14-6-4-5-7-15(14)29-18(12)19(28)24-13-8-9-23-16(10-13)21(2)11-17(27)26(3)20(22)25-21/h4-10H,11H2,1-3H3,(H2,22,25)(H,23,24,28). The second-order valence-electron chi connectivity index (χ2n) is 7.31. The Morgan fingerprint density at radius 3 is 2.79 bits per heavy atom. The van der Waals surface area contributed by atoms with Gasteiger partial charge >= 0.3 is 0 Å². The van der Waals surface area contributed by atoms with Gasteiger partial charge in [0.05, 0.1) is 12.1 Å². The van der Waals surface area contributed by atoms with Crippen molar-refractivity contribution in [3.05, 3.63) is 59.6 Å². The van der Waals surface area contributed by atoms with E-state index in [1.165, 1.54) is 4.90 Å². The summed E-state index contributed by atoms with van der Waals surface area (Å²) in [6.07, 6.45) is 1.70. The lowest BCUT2D eigenvalue weighted by Crippen LogP contribution is -2.47. The molecule has 8 nitrogen and oxygen atoms in total. The molecule has 2 amide bonds. The summed E-state index contributed by atoms with van der Waals surface area (Å²) in [4.78, 5) is 35.1. The van der Waals surface area contributed by atoms with Crippen LogP contribution in [0.2, 0.25) is 0 Å². The van der Waals surface area contributed by atoms with E-state index < -0.39 is 5.54 Å². The van der Waals surface area contributed by atoms with E-state index >= 15 is 0 Å². The molecule has 0 aliphatic carbocycles. The molecule has 0 bridgehead atoms. The molecule has 8 heteroatoms. The van der Waals surface area contributed by atoms with Gasteiger partial charge in [0.1, 0.15) is 11.1 Å². The lowest BCUT2D eigenvalue weighted by Gasteiger charge is -2.32. The van der Waals surface area contributed by atoms with Crippen LogP contribution in [0.3, 0.4) is 0 Å². The number of hydrogen-bond donors (Lipinski definition) is 2. The number of guanidine groups is 1. The minimum atomic E-state index is -0.899. The van der Waals surface area contributed by atoms with E-state index in [0.717, 1.165) is 10.9 Å². The number of amides is 2. The van der Waals surface area contributed by atoms with Gasteiger partial charge in [0.2, 0.25) is 5.91 Å². The first-order chi connectivity index (χ1) is 13.8. The van der Waals surface area contributed by atoms with E-state index in [4.69, 9.17) is 10.2 Å². The second-order valence-corrected chi connectivity index (χ2v) is 7.31. The lowest BCUT2D eigenvalue weighted by molar-refractivity contribution is -0.128. The first-order valence-corrected chi connectivity index (χ1v) is 9.16. The Kier molecular flexibility index (Phi) is 4.34. The van der Waals surface area contributed by atoms with E-state index in [2.05, 4.69) is 15.3 Å². The van der Waals surface area contributed by atoms with Crippen molar-refractivity contribution in [2.24, 2.45) is 10.7 Å². The number of furan rings is 1. The van der Waals surface area contributed by atoms with Gasteiger partial charge in [0.15, 0.2) is 11.7 Å². The summed E-state index contributed by atoms with van der Waals surface area (Å²) in [5, 5.41) is 3.74. The van der Waals surface area contributed by atoms with E-state index in [0.29, 0.717) is 17.0 Å². The number of para-hydroxylation sites is 1. The number of rotatable bonds is 3. The van der Waals surface area contributed by atoms with Crippen molar-refractivity contribution < 1.29 is 14.0 Å². The molecule has 3 heterocycles. The zero-order chi connectivity index (χ0) is 20.8. The number of pyridine rings is 1. The van der Waals surface area contributed by atoms with Crippen molar-refractivity contribution in [3.63, 3.8) is 0 Å². The zero-order valence-electron chi connectivity index (χ0n) is 16.4. The fourth-order valence-electron chi connectivity index (χ4n) is 3.44. The number of hydrogen-bond acceptors (Lipinski definition) is 6. The summed E-state index contributed by atoms with van der Waals surface area (Å²) >= 11 is 0. The van der Waals surface area contributed by atoms with Crippen LogP contribution >= 0.6 is 0 Å². The molecule has 3 aromatic rings. The molecule has 0 saturated heterocycles. The maximum atomic E-state index is 12.8. The van der Waals surface area contributed by atoms with Crippen LogP contribution in [-0.4, -0.2) is 34.7 Å². The van der Waals surface area contributed by atoms with Gasteiger partial charge in [0, 0.05) is 29.9 Å². The summed E-state index contributed by atoms with van der Waals surface area (Å²) in [6.45, 7) is 3.64. The smallest absolute Gasteiger partial charge is 0.291 e. The molecule has 0 saturated carbocycles. The fraction of sp³-hybridized carbons (Fsp3) is 0.238. The van der Waals surface area contributed by atoms with Crippen molar-refractivity contribution >= 4 is 34.4 Å². The van der Waals surface area contributed by atoms with Gasteiger partial charge in [0.25, 0.3) is 5.91 Å². The Hall–Kier alpha value is -3.68. The molecule has 2 aromatic heterocycles. The first-order valence-electron chi connectivity index (χ1n) is 9.16.